The van der Waals surface area contributed by atoms with E-state index in [2.05, 4.69) is 20.6 Å². The van der Waals surface area contributed by atoms with Crippen LogP contribution in [-0.2, 0) is 0 Å². The molecule has 0 saturated carbocycles. The molecule has 28 heavy (non-hydrogen) atoms. The fourth-order valence-corrected chi connectivity index (χ4v) is 3.13. The monoisotopic (exact) mass is 382 g/mol. The minimum atomic E-state index is -0.254. The van der Waals surface area contributed by atoms with Crippen LogP contribution in [-0.4, -0.2) is 85.7 Å². The molecule has 8 nitrogen and oxygen atoms in total. The smallest absolute Gasteiger partial charge is 0.215 e. The molecule has 1 aromatic heterocycles. The highest BCUT2D eigenvalue weighted by molar-refractivity contribution is 6.31. The fraction of sp³-hybridized carbons (Fsp3) is 0.400. The van der Waals surface area contributed by atoms with Gasteiger partial charge in [-0.3, -0.25) is 9.59 Å². The maximum absolute atomic E-state index is 13.2. The van der Waals surface area contributed by atoms with Crippen LogP contribution in [0.2, 0.25) is 0 Å². The van der Waals surface area contributed by atoms with Gasteiger partial charge in [-0.2, -0.15) is 0 Å². The first-order chi connectivity index (χ1) is 13.4. The van der Waals surface area contributed by atoms with Gasteiger partial charge in [0.05, 0.1) is 16.7 Å². The lowest BCUT2D eigenvalue weighted by molar-refractivity contribution is 0.0976. The van der Waals surface area contributed by atoms with E-state index in [1.807, 2.05) is 50.1 Å². The third-order valence-electron chi connectivity index (χ3n) is 4.58. The molecule has 0 spiro atoms. The van der Waals surface area contributed by atoms with E-state index in [0.29, 0.717) is 35.6 Å². The van der Waals surface area contributed by atoms with Gasteiger partial charge in [0.2, 0.25) is 5.78 Å². The van der Waals surface area contributed by atoms with Gasteiger partial charge in [0, 0.05) is 43.8 Å². The van der Waals surface area contributed by atoms with Crippen LogP contribution in [0.15, 0.2) is 24.7 Å². The first-order valence-corrected chi connectivity index (χ1v) is 9.23. The lowest BCUT2D eigenvalue weighted by Gasteiger charge is -2.23. The van der Waals surface area contributed by atoms with E-state index in [9.17, 15) is 9.59 Å². The van der Waals surface area contributed by atoms with Gasteiger partial charge in [-0.1, -0.05) is 0 Å². The van der Waals surface area contributed by atoms with Crippen molar-refractivity contribution in [1.82, 2.24) is 19.8 Å². The molecule has 0 bridgehead atoms. The van der Waals surface area contributed by atoms with Crippen molar-refractivity contribution in [2.75, 3.05) is 65.0 Å². The summed E-state index contributed by atoms with van der Waals surface area (Å²) >= 11 is 0. The summed E-state index contributed by atoms with van der Waals surface area (Å²) in [5.74, 6) is -0.482. The van der Waals surface area contributed by atoms with Crippen molar-refractivity contribution in [3.63, 3.8) is 0 Å². The number of anilines is 2. The van der Waals surface area contributed by atoms with Gasteiger partial charge in [-0.25, -0.2) is 9.97 Å². The zero-order valence-corrected chi connectivity index (χ0v) is 16.7. The predicted molar refractivity (Wildman–Crippen MR) is 109 cm³/mol. The molecule has 0 fully saturated rings. The van der Waals surface area contributed by atoms with Crippen LogP contribution >= 0.6 is 0 Å². The lowest BCUT2D eigenvalue weighted by atomic mass is 9.85. The molecule has 1 aromatic carbocycles. The van der Waals surface area contributed by atoms with Gasteiger partial charge in [0.15, 0.2) is 5.78 Å². The van der Waals surface area contributed by atoms with E-state index in [0.717, 1.165) is 13.1 Å². The third-order valence-corrected chi connectivity index (χ3v) is 4.58. The summed E-state index contributed by atoms with van der Waals surface area (Å²) in [5.41, 5.74) is 2.49. The molecule has 0 aliphatic heterocycles. The van der Waals surface area contributed by atoms with Gasteiger partial charge < -0.3 is 20.4 Å². The van der Waals surface area contributed by atoms with E-state index in [-0.39, 0.29) is 22.8 Å². The largest absolute Gasteiger partial charge is 0.383 e. The van der Waals surface area contributed by atoms with Crippen molar-refractivity contribution >= 4 is 22.9 Å². The lowest BCUT2D eigenvalue weighted by Crippen LogP contribution is -2.28. The number of nitrogens with one attached hydrogen (secondary N) is 2. The molecule has 2 N–H and O–H groups in total. The molecule has 2 aromatic rings. The third kappa shape index (κ3) is 4.02. The minimum Gasteiger partial charge on any atom is -0.383 e. The van der Waals surface area contributed by atoms with Crippen molar-refractivity contribution in [3.8, 4) is 0 Å². The van der Waals surface area contributed by atoms with E-state index in [1.165, 1.54) is 12.5 Å². The van der Waals surface area contributed by atoms with Crippen molar-refractivity contribution in [2.24, 2.45) is 0 Å². The molecule has 1 aliphatic carbocycles. The quantitative estimate of drug-likeness (QED) is 0.601. The second kappa shape index (κ2) is 8.45. The molecule has 1 heterocycles. The fourth-order valence-electron chi connectivity index (χ4n) is 3.13. The maximum atomic E-state index is 13.2. The van der Waals surface area contributed by atoms with Crippen LogP contribution in [0, 0.1) is 0 Å². The van der Waals surface area contributed by atoms with Crippen LogP contribution in [0.1, 0.15) is 32.0 Å². The van der Waals surface area contributed by atoms with Gasteiger partial charge in [-0.15, -0.1) is 0 Å². The van der Waals surface area contributed by atoms with Crippen LogP contribution in [0.4, 0.5) is 11.4 Å². The van der Waals surface area contributed by atoms with Crippen LogP contribution < -0.4 is 10.6 Å². The SMILES string of the molecule is CN(C)CCNc1ccc(NCCN(C)C)c2c1C(=O)c1cncnc1C2=O. The molecule has 0 amide bonds. The Kier molecular flexibility index (Phi) is 6.01. The summed E-state index contributed by atoms with van der Waals surface area (Å²) in [6, 6.07) is 3.70. The number of aromatic nitrogens is 2. The normalized spacial score (nSPS) is 12.9. The summed E-state index contributed by atoms with van der Waals surface area (Å²) < 4.78 is 0. The van der Waals surface area contributed by atoms with E-state index in [4.69, 9.17) is 0 Å². The van der Waals surface area contributed by atoms with E-state index >= 15 is 0 Å². The molecule has 3 rings (SSSR count). The van der Waals surface area contributed by atoms with E-state index in [1.54, 1.807) is 0 Å². The number of rotatable bonds is 8. The molecular weight excluding hydrogens is 356 g/mol. The Bertz CT molecular complexity index is 822. The number of carbonyl (C=O) groups excluding carboxylic acids is 2. The number of likely N-dealkylation sites (N-methyl/N-ethyl adjacent to an activating group) is 2. The van der Waals surface area contributed by atoms with Crippen molar-refractivity contribution in [2.45, 2.75) is 0 Å². The Morgan fingerprint density at radius 1 is 0.857 bits per heavy atom. The Morgan fingerprint density at radius 2 is 1.39 bits per heavy atom. The molecule has 1 aliphatic rings. The highest BCUT2D eigenvalue weighted by atomic mass is 16.1. The van der Waals surface area contributed by atoms with Crippen molar-refractivity contribution in [1.29, 1.82) is 0 Å². The minimum absolute atomic E-state index is 0.161. The van der Waals surface area contributed by atoms with Gasteiger partial charge in [0.25, 0.3) is 0 Å². The standard InChI is InChI=1S/C20H26N6O2/c1-25(2)9-7-22-14-5-6-15(23-8-10-26(3)4)17-16(14)19(27)13-11-21-12-24-18(13)20(17)28/h5-6,11-12,22-23H,7-10H2,1-4H3. The first-order valence-electron chi connectivity index (χ1n) is 9.23. The Hall–Kier alpha value is -2.84. The molecule has 0 radical (unpaired) electrons. The number of nitrogens with zero attached hydrogens (tertiary/aromatic N) is 4. The van der Waals surface area contributed by atoms with Crippen molar-refractivity contribution < 1.29 is 9.59 Å². The number of fused-ring (bicyclic) bond motifs is 2. The highest BCUT2D eigenvalue weighted by Crippen LogP contribution is 2.35. The summed E-state index contributed by atoms with van der Waals surface area (Å²) in [6.07, 6.45) is 2.72. The Balaban J connectivity index is 2.02. The average molecular weight is 382 g/mol. The van der Waals surface area contributed by atoms with Crippen molar-refractivity contribution in [3.05, 3.63) is 47.0 Å². The molecule has 0 atom stereocenters. The molecule has 0 unspecified atom stereocenters. The maximum Gasteiger partial charge on any atom is 0.215 e. The van der Waals surface area contributed by atoms with Gasteiger partial charge >= 0.3 is 0 Å². The molecular formula is C20H26N6O2. The van der Waals surface area contributed by atoms with Gasteiger partial charge in [-0.05, 0) is 40.3 Å². The summed E-state index contributed by atoms with van der Waals surface area (Å²) in [7, 11) is 7.93. The molecule has 0 saturated heterocycles. The number of carbonyl (C=O) groups is 2. The second-order valence-corrected chi connectivity index (χ2v) is 7.31. The predicted octanol–water partition coefficient (Wildman–Crippen LogP) is 1.20. The Morgan fingerprint density at radius 3 is 1.93 bits per heavy atom. The number of hydrogen-bond donors (Lipinski definition) is 2. The van der Waals surface area contributed by atoms with Gasteiger partial charge in [0.1, 0.15) is 12.0 Å². The number of hydrogen-bond acceptors (Lipinski definition) is 8. The summed E-state index contributed by atoms with van der Waals surface area (Å²) in [6.45, 7) is 2.93. The molecule has 148 valence electrons. The zero-order valence-electron chi connectivity index (χ0n) is 16.7. The summed E-state index contributed by atoms with van der Waals surface area (Å²) in [4.78, 5) is 38.5. The van der Waals surface area contributed by atoms with Crippen LogP contribution in [0.3, 0.4) is 0 Å². The highest BCUT2D eigenvalue weighted by Gasteiger charge is 2.35. The average Bonchev–Trinajstić information content (AvgIpc) is 2.66. The first kappa shape index (κ1) is 19.9. The molecule has 8 heteroatoms. The topological polar surface area (TPSA) is 90.5 Å². The second-order valence-electron chi connectivity index (χ2n) is 7.31. The van der Waals surface area contributed by atoms with E-state index < -0.39 is 0 Å². The number of ketones is 2. The van der Waals surface area contributed by atoms with Crippen LogP contribution in [0.5, 0.6) is 0 Å². The summed E-state index contributed by atoms with van der Waals surface area (Å²) in [5, 5.41) is 6.59. The number of benzene rings is 1. The van der Waals surface area contributed by atoms with Crippen LogP contribution in [0.25, 0.3) is 0 Å². The zero-order chi connectivity index (χ0) is 20.3. The Labute approximate surface area is 165 Å².